The Morgan fingerprint density at radius 1 is 0.974 bits per heavy atom. The number of aryl methyl sites for hydroxylation is 1. The number of nitrogens with zero attached hydrogens (tertiary/aromatic N) is 6. The summed E-state index contributed by atoms with van der Waals surface area (Å²) in [5, 5.41) is 30.2. The van der Waals surface area contributed by atoms with Crippen molar-refractivity contribution < 1.29 is 19.4 Å². The third kappa shape index (κ3) is 5.32. The highest BCUT2D eigenvalue weighted by Gasteiger charge is 2.36. The average Bonchev–Trinajstić information content (AvgIpc) is 3.13. The molecule has 1 unspecified atom stereocenters. The second-order valence-electron chi connectivity index (χ2n) is 8.88. The molecule has 0 aromatic heterocycles. The molecule has 3 aromatic rings. The Balaban J connectivity index is 1.55. The minimum absolute atomic E-state index is 0.197. The van der Waals surface area contributed by atoms with E-state index in [2.05, 4.69) is 10.2 Å². The number of anilines is 1. The Hall–Kier alpha value is -4.71. The third-order valence-electron chi connectivity index (χ3n) is 6.40. The molecule has 0 fully saturated rings. The lowest BCUT2D eigenvalue weighted by atomic mass is 10.1. The summed E-state index contributed by atoms with van der Waals surface area (Å²) in [7, 11) is 0. The number of carbonyl (C=O) groups is 2. The Labute approximate surface area is 227 Å². The molecule has 200 valence electrons. The van der Waals surface area contributed by atoms with Gasteiger partial charge in [-0.1, -0.05) is 23.7 Å². The highest BCUT2D eigenvalue weighted by atomic mass is 35.5. The molecule has 0 spiro atoms. The number of nitro groups is 2. The van der Waals surface area contributed by atoms with Crippen LogP contribution in [0.1, 0.15) is 40.1 Å². The van der Waals surface area contributed by atoms with Crippen LogP contribution in [0.2, 0.25) is 5.02 Å². The lowest BCUT2D eigenvalue weighted by Crippen LogP contribution is -2.44. The largest absolute Gasteiger partial charge is 0.367 e. The molecule has 3 aromatic carbocycles. The van der Waals surface area contributed by atoms with Crippen LogP contribution in [0.3, 0.4) is 0 Å². The van der Waals surface area contributed by atoms with Gasteiger partial charge in [-0.3, -0.25) is 34.7 Å². The fraction of sp³-hybridized carbons (Fsp3) is 0.231. The predicted molar refractivity (Wildman–Crippen MR) is 144 cm³/mol. The van der Waals surface area contributed by atoms with Crippen LogP contribution in [-0.2, 0) is 0 Å². The zero-order valence-corrected chi connectivity index (χ0v) is 22.0. The van der Waals surface area contributed by atoms with E-state index in [1.807, 2.05) is 24.8 Å². The van der Waals surface area contributed by atoms with Crippen LogP contribution < -0.4 is 4.90 Å². The van der Waals surface area contributed by atoms with Gasteiger partial charge in [0.15, 0.2) is 5.69 Å². The molecule has 0 bridgehead atoms. The maximum Gasteiger partial charge on any atom is 0.305 e. The molecule has 1 atom stereocenters. The monoisotopic (exact) mass is 550 g/mol. The molecule has 0 aliphatic carbocycles. The number of rotatable bonds is 9. The van der Waals surface area contributed by atoms with Crippen molar-refractivity contribution in [2.75, 3.05) is 18.0 Å². The van der Waals surface area contributed by atoms with Crippen LogP contribution in [0.4, 0.5) is 28.4 Å². The Kier molecular flexibility index (Phi) is 7.68. The number of likely N-dealkylation sites (N-methyl/N-ethyl adjacent to an activating group) is 1. The number of azo groups is 1. The van der Waals surface area contributed by atoms with Gasteiger partial charge in [-0.05, 0) is 56.7 Å². The maximum atomic E-state index is 12.8. The van der Waals surface area contributed by atoms with Gasteiger partial charge in [-0.15, -0.1) is 10.2 Å². The number of fused-ring (bicyclic) bond motifs is 1. The number of hydrogen-bond donors (Lipinski definition) is 0. The van der Waals surface area contributed by atoms with Crippen molar-refractivity contribution in [2.24, 2.45) is 10.2 Å². The zero-order valence-electron chi connectivity index (χ0n) is 21.2. The highest BCUT2D eigenvalue weighted by molar-refractivity contribution is 6.33. The summed E-state index contributed by atoms with van der Waals surface area (Å²) in [5.41, 5.74) is 1.27. The number of benzene rings is 3. The zero-order chi connectivity index (χ0) is 28.4. The topological polar surface area (TPSA) is 152 Å². The van der Waals surface area contributed by atoms with E-state index in [0.29, 0.717) is 28.9 Å². The fourth-order valence-electron chi connectivity index (χ4n) is 4.47. The van der Waals surface area contributed by atoms with E-state index in [9.17, 15) is 29.8 Å². The van der Waals surface area contributed by atoms with Gasteiger partial charge in [0.25, 0.3) is 17.5 Å². The first-order valence-electron chi connectivity index (χ1n) is 11.9. The molecule has 1 aliphatic heterocycles. The van der Waals surface area contributed by atoms with Crippen molar-refractivity contribution in [1.82, 2.24) is 4.90 Å². The molecular weight excluding hydrogens is 528 g/mol. The van der Waals surface area contributed by atoms with Gasteiger partial charge in [-0.25, -0.2) is 0 Å². The molecule has 0 radical (unpaired) electrons. The molecule has 13 heteroatoms. The number of nitro benzene ring substituents is 2. The molecule has 4 rings (SSSR count). The van der Waals surface area contributed by atoms with Crippen LogP contribution in [0.5, 0.6) is 0 Å². The third-order valence-corrected chi connectivity index (χ3v) is 6.69. The average molecular weight is 551 g/mol. The van der Waals surface area contributed by atoms with Gasteiger partial charge in [-0.2, -0.15) is 0 Å². The highest BCUT2D eigenvalue weighted by Crippen LogP contribution is 2.40. The summed E-state index contributed by atoms with van der Waals surface area (Å²) < 4.78 is 0. The molecule has 12 nitrogen and oxygen atoms in total. The van der Waals surface area contributed by atoms with Crippen molar-refractivity contribution >= 4 is 51.9 Å². The number of imide groups is 1. The van der Waals surface area contributed by atoms with Gasteiger partial charge in [0, 0.05) is 30.9 Å². The number of carbonyl (C=O) groups excluding carboxylic acids is 2. The summed E-state index contributed by atoms with van der Waals surface area (Å²) in [6.07, 6.45) is 0. The first-order valence-corrected chi connectivity index (χ1v) is 12.3. The molecule has 0 N–H and O–H groups in total. The van der Waals surface area contributed by atoms with E-state index < -0.39 is 21.2 Å². The molecule has 0 saturated carbocycles. The summed E-state index contributed by atoms with van der Waals surface area (Å²) in [5.74, 6) is -0.631. The second-order valence-corrected chi connectivity index (χ2v) is 9.29. The molecule has 39 heavy (non-hydrogen) atoms. The van der Waals surface area contributed by atoms with Crippen LogP contribution >= 0.6 is 11.6 Å². The molecular formula is C26H23ClN6O6. The minimum atomic E-state index is -0.807. The number of hydrogen-bond acceptors (Lipinski definition) is 9. The van der Waals surface area contributed by atoms with Crippen molar-refractivity contribution in [3.63, 3.8) is 0 Å². The first-order chi connectivity index (χ1) is 18.5. The van der Waals surface area contributed by atoms with Crippen LogP contribution in [0.25, 0.3) is 0 Å². The van der Waals surface area contributed by atoms with E-state index in [0.717, 1.165) is 17.8 Å². The quantitative estimate of drug-likeness (QED) is 0.129. The standard InChI is InChI=1S/C26H23ClN6O6/c1-4-30(16(3)14-31-25(34)19-7-5-6-8-20(19)26(31)35)17-9-10-22(15(2)11-17)28-29-24-21(27)12-18(32(36)37)13-23(24)33(38)39/h5-13,16H,4,14H2,1-3H3. The number of halogens is 1. The molecule has 1 heterocycles. The smallest absolute Gasteiger partial charge is 0.305 e. The summed E-state index contributed by atoms with van der Waals surface area (Å²) >= 11 is 6.05. The Morgan fingerprint density at radius 3 is 2.15 bits per heavy atom. The first kappa shape index (κ1) is 27.3. The van der Waals surface area contributed by atoms with E-state index in [4.69, 9.17) is 11.6 Å². The normalized spacial score (nSPS) is 13.6. The van der Waals surface area contributed by atoms with E-state index >= 15 is 0 Å². The van der Waals surface area contributed by atoms with Crippen molar-refractivity contribution in [3.8, 4) is 0 Å². The van der Waals surface area contributed by atoms with Gasteiger partial charge in [0.1, 0.15) is 0 Å². The van der Waals surface area contributed by atoms with Crippen molar-refractivity contribution in [2.45, 2.75) is 26.8 Å². The molecule has 0 saturated heterocycles. The lowest BCUT2D eigenvalue weighted by molar-refractivity contribution is -0.393. The molecule has 1 aliphatic rings. The van der Waals surface area contributed by atoms with E-state index in [1.54, 1.807) is 43.3 Å². The maximum absolute atomic E-state index is 12.8. The summed E-state index contributed by atoms with van der Waals surface area (Å²) in [6, 6.07) is 13.6. The van der Waals surface area contributed by atoms with Crippen molar-refractivity contribution in [3.05, 3.63) is 96.5 Å². The van der Waals surface area contributed by atoms with E-state index in [1.165, 1.54) is 4.90 Å². The summed E-state index contributed by atoms with van der Waals surface area (Å²) in [4.78, 5) is 49.8. The number of amides is 2. The van der Waals surface area contributed by atoms with Gasteiger partial charge < -0.3 is 4.90 Å². The minimum Gasteiger partial charge on any atom is -0.367 e. The Bertz CT molecular complexity index is 1510. The van der Waals surface area contributed by atoms with Gasteiger partial charge in [0.2, 0.25) is 0 Å². The van der Waals surface area contributed by atoms with Gasteiger partial charge in [0.05, 0.1) is 37.7 Å². The van der Waals surface area contributed by atoms with Crippen LogP contribution in [0.15, 0.2) is 64.8 Å². The SMILES string of the molecule is CCN(c1ccc(N=Nc2c(Cl)cc([N+](=O)[O-])cc2[N+](=O)[O-])c(C)c1)C(C)CN1C(=O)c2ccccc2C1=O. The van der Waals surface area contributed by atoms with Gasteiger partial charge >= 0.3 is 5.69 Å². The Morgan fingerprint density at radius 2 is 1.62 bits per heavy atom. The van der Waals surface area contributed by atoms with Crippen LogP contribution in [0, 0.1) is 27.2 Å². The summed E-state index contributed by atoms with van der Waals surface area (Å²) in [6.45, 7) is 6.45. The fourth-order valence-corrected chi connectivity index (χ4v) is 4.71. The van der Waals surface area contributed by atoms with E-state index in [-0.39, 0.29) is 35.1 Å². The second kappa shape index (κ2) is 11.0. The molecule has 2 amide bonds. The van der Waals surface area contributed by atoms with Crippen LogP contribution in [-0.4, -0.2) is 45.7 Å². The predicted octanol–water partition coefficient (Wildman–Crippen LogP) is 6.39. The van der Waals surface area contributed by atoms with Crippen molar-refractivity contribution in [1.29, 1.82) is 0 Å². The lowest BCUT2D eigenvalue weighted by Gasteiger charge is -2.32. The number of non-ortho nitro benzene ring substituents is 1.